The molecule has 10 aromatic rings. The number of anilines is 2. The summed E-state index contributed by atoms with van der Waals surface area (Å²) in [5.74, 6) is -10.5. The van der Waals surface area contributed by atoms with Gasteiger partial charge in [0, 0.05) is 100 Å². The second-order valence-electron chi connectivity index (χ2n) is 26.7. The number of amides is 9. The Morgan fingerprint density at radius 2 is 0.448 bits per heavy atom. The maximum Gasteiger partial charge on any atom is 0.309 e. The SMILES string of the molecule is O=C(/C=C/c1ccc(O)c(O)c1)NCCc1ccc(O)c(O)c1.O=C(/C=C\C(=O)Nc1ccc(O)c(O)c1)Nc1ccc(O)c(O)c1.O=C(CCC(=O)NCCc1ccc(O)c(O)c1)NCCc1ccc(O)c(O)c1.O=C(NCCc1ccc(O)c(O)c1)C(=O)NCCc1ccc(O)c(O)c1.O=C(NCc1ccc(O)c(O)c1)C(=O)NCc1ccc(O)c(O)c1. The van der Waals surface area contributed by atoms with Crippen LogP contribution in [0, 0.1) is 0 Å². The van der Waals surface area contributed by atoms with Crippen LogP contribution in [0.4, 0.5) is 11.4 Å². The Morgan fingerprint density at radius 3 is 0.728 bits per heavy atom. The largest absolute Gasteiger partial charge is 0.504 e. The van der Waals surface area contributed by atoms with Gasteiger partial charge < -0.3 is 150 Å². The van der Waals surface area contributed by atoms with Crippen molar-refractivity contribution in [2.45, 2.75) is 58.0 Å². The first kappa shape index (κ1) is 96.7. The molecule has 0 aliphatic heterocycles. The molecule has 0 heterocycles. The standard InChI is InChI=1S/C20H24N2O6.C18H20N2O6.C17H17NO5.C16H16N2O6.C16H14N2O6/c23-15-3-1-13(11-17(15)25)7-9-21-19(27)5-6-20(28)22-10-8-14-2-4-16(24)18(26)12-14;21-13-3-1-11(9-15(13)23)5-7-19-17(25)18(26)20-8-6-12-2-4-14(22)16(24)10-12;19-13-4-1-11(9-15(13)21)3-6-17(23)18-8-7-12-2-5-14(20)16(22)10-12;19-11-3-1-9(5-13(11)21)7-17-15(23)16(24)18-8-10-2-4-12(20)14(22)6-10;19-11-3-1-9(7-13(11)21)17-15(23)5-6-16(24)18-10-2-4-12(20)14(22)8-10/h1-4,11-12,23-26H,5-10H2,(H,21,27)(H,22,28);1-4,9-10,21-24H,5-8H2,(H,19,25)(H,20,26);1-6,9-10,19-22H,7-8H2,(H,18,23);1-6,19-22H,7-8H2,(H,17,23)(H,18,24);1-8,19-22H,(H,17,23)(H,18,24)/b;;6-3+;;6-5-. The molecular weight excluding hydrogens is 1630 g/mol. The first-order valence-electron chi connectivity index (χ1n) is 37.4. The molecule has 0 aromatic heterocycles. The van der Waals surface area contributed by atoms with Gasteiger partial charge in [0.25, 0.3) is 0 Å². The van der Waals surface area contributed by atoms with E-state index in [9.17, 15) is 135 Å². The molecule has 0 spiro atoms. The molecule has 9 amide bonds. The van der Waals surface area contributed by atoms with Crippen molar-refractivity contribution in [3.63, 3.8) is 0 Å². The summed E-state index contributed by atoms with van der Waals surface area (Å²) in [7, 11) is 0. The van der Waals surface area contributed by atoms with Crippen LogP contribution in [0.25, 0.3) is 6.08 Å². The number of carbonyl (C=O) groups is 9. The lowest BCUT2D eigenvalue weighted by Crippen LogP contribution is -2.41. The van der Waals surface area contributed by atoms with E-state index in [-0.39, 0.29) is 183 Å². The summed E-state index contributed by atoms with van der Waals surface area (Å²) in [6, 6.07) is 41.9. The highest BCUT2D eigenvalue weighted by Crippen LogP contribution is 2.33. The number of rotatable bonds is 28. The van der Waals surface area contributed by atoms with Crippen molar-refractivity contribution < 1.29 is 145 Å². The Balaban J connectivity index is 0.000000242. The summed E-state index contributed by atoms with van der Waals surface area (Å²) in [4.78, 5) is 105. The fraction of sp³-hybridized carbons (Fsp3) is 0.161. The average Bonchev–Trinajstić information content (AvgIpc) is 0.846. The smallest absolute Gasteiger partial charge is 0.309 e. The van der Waals surface area contributed by atoms with Crippen molar-refractivity contribution in [3.05, 3.63) is 245 Å². The van der Waals surface area contributed by atoms with E-state index in [0.717, 1.165) is 41.0 Å². The van der Waals surface area contributed by atoms with Crippen LogP contribution in [-0.2, 0) is 88.3 Å². The molecule has 658 valence electrons. The zero-order valence-electron chi connectivity index (χ0n) is 66.1. The van der Waals surface area contributed by atoms with E-state index in [1.54, 1.807) is 36.4 Å². The zero-order chi connectivity index (χ0) is 91.8. The van der Waals surface area contributed by atoms with Gasteiger partial charge in [0.05, 0.1) is 0 Å². The monoisotopic (exact) mass is 1730 g/mol. The number of hydrogen-bond donors (Lipinski definition) is 29. The Morgan fingerprint density at radius 1 is 0.216 bits per heavy atom. The minimum atomic E-state index is -0.870. The molecule has 0 unspecified atom stereocenters. The van der Waals surface area contributed by atoms with E-state index in [4.69, 9.17) is 10.2 Å². The first-order chi connectivity index (χ1) is 59.4. The predicted octanol–water partition coefficient (Wildman–Crippen LogP) is 5.80. The molecule has 0 aliphatic rings. The van der Waals surface area contributed by atoms with Gasteiger partial charge in [0.2, 0.25) is 29.5 Å². The molecule has 0 fully saturated rings. The third kappa shape index (κ3) is 34.8. The average molecular weight is 1730 g/mol. The van der Waals surface area contributed by atoms with Crippen LogP contribution in [0.15, 0.2) is 200 Å². The lowest BCUT2D eigenvalue weighted by molar-refractivity contribution is -0.139. The van der Waals surface area contributed by atoms with E-state index in [1.165, 1.54) is 146 Å². The van der Waals surface area contributed by atoms with Crippen molar-refractivity contribution in [1.82, 2.24) is 37.2 Å². The Hall–Kier alpha value is -17.1. The van der Waals surface area contributed by atoms with Gasteiger partial charge in [-0.25, -0.2) is 0 Å². The number of aromatic hydroxyl groups is 20. The molecule has 10 aromatic carbocycles. The van der Waals surface area contributed by atoms with Crippen LogP contribution in [0.5, 0.6) is 115 Å². The van der Waals surface area contributed by atoms with Gasteiger partial charge >= 0.3 is 23.6 Å². The summed E-state index contributed by atoms with van der Waals surface area (Å²) in [5, 5.41) is 208. The Bertz CT molecular complexity index is 5260. The Labute approximate surface area is 711 Å². The van der Waals surface area contributed by atoms with Gasteiger partial charge in [-0.1, -0.05) is 48.5 Å². The topological polar surface area (TPSA) is 667 Å². The molecule has 38 heteroatoms. The van der Waals surface area contributed by atoms with E-state index < -0.39 is 35.4 Å². The van der Waals surface area contributed by atoms with E-state index in [2.05, 4.69) is 47.9 Å². The van der Waals surface area contributed by atoms with Crippen molar-refractivity contribution in [1.29, 1.82) is 0 Å². The van der Waals surface area contributed by atoms with Crippen LogP contribution >= 0.6 is 0 Å². The van der Waals surface area contributed by atoms with Crippen molar-refractivity contribution in [2.75, 3.05) is 43.4 Å². The molecule has 0 bridgehead atoms. The number of nitrogens with one attached hydrogen (secondary N) is 9. The fourth-order valence-electron chi connectivity index (χ4n) is 10.3. The number of phenols is 20. The molecule has 0 aliphatic carbocycles. The van der Waals surface area contributed by atoms with Gasteiger partial charge in [-0.2, -0.15) is 0 Å². The van der Waals surface area contributed by atoms with Crippen molar-refractivity contribution in [3.8, 4) is 115 Å². The highest BCUT2D eigenvalue weighted by Gasteiger charge is 2.17. The van der Waals surface area contributed by atoms with Crippen molar-refractivity contribution in [2.24, 2.45) is 0 Å². The van der Waals surface area contributed by atoms with Crippen LogP contribution in [0.3, 0.4) is 0 Å². The van der Waals surface area contributed by atoms with Gasteiger partial charge in [-0.3, -0.25) is 43.2 Å². The molecule has 125 heavy (non-hydrogen) atoms. The van der Waals surface area contributed by atoms with E-state index in [0.29, 0.717) is 79.6 Å². The molecule has 0 saturated heterocycles. The zero-order valence-corrected chi connectivity index (χ0v) is 66.1. The van der Waals surface area contributed by atoms with Gasteiger partial charge in [-0.15, -0.1) is 0 Å². The van der Waals surface area contributed by atoms with Crippen LogP contribution < -0.4 is 47.9 Å². The second-order valence-corrected chi connectivity index (χ2v) is 26.7. The molecular formula is C87H91N9O29. The maximum atomic E-state index is 11.8. The number of phenolic OH excluding ortho intramolecular Hbond substituents is 20. The fourth-order valence-corrected chi connectivity index (χ4v) is 10.3. The molecule has 0 radical (unpaired) electrons. The minimum absolute atomic E-state index is 0.0000901. The number of benzene rings is 10. The number of carbonyl (C=O) groups excluding carboxylic acids is 9. The summed E-state index contributed by atoms with van der Waals surface area (Å²) in [6.07, 6.45) is 7.17. The van der Waals surface area contributed by atoms with Crippen LogP contribution in [0.2, 0.25) is 0 Å². The summed E-state index contributed by atoms with van der Waals surface area (Å²) >= 11 is 0. The predicted molar refractivity (Wildman–Crippen MR) is 450 cm³/mol. The first-order valence-corrected chi connectivity index (χ1v) is 37.4. The third-order valence-electron chi connectivity index (χ3n) is 17.1. The maximum absolute atomic E-state index is 11.8. The Kier molecular flexibility index (Phi) is 37.7. The lowest BCUT2D eigenvalue weighted by atomic mass is 10.1. The molecule has 29 N–H and O–H groups in total. The summed E-state index contributed by atoms with van der Waals surface area (Å²) in [6.45, 7) is 1.48. The lowest BCUT2D eigenvalue weighted by Gasteiger charge is -2.08. The summed E-state index contributed by atoms with van der Waals surface area (Å²) < 4.78 is 0. The molecule has 0 atom stereocenters. The second kappa shape index (κ2) is 48.7. The van der Waals surface area contributed by atoms with E-state index in [1.807, 2.05) is 0 Å². The summed E-state index contributed by atoms with van der Waals surface area (Å²) in [5.41, 5.74) is 5.81. The normalized spacial score (nSPS) is 10.4. The minimum Gasteiger partial charge on any atom is -0.504 e. The van der Waals surface area contributed by atoms with Crippen LogP contribution in [0.1, 0.15) is 57.3 Å². The highest BCUT2D eigenvalue weighted by atomic mass is 16.3. The quantitative estimate of drug-likeness (QED) is 0.0119. The van der Waals surface area contributed by atoms with Crippen LogP contribution in [-0.4, -0.2) is 188 Å². The van der Waals surface area contributed by atoms with E-state index >= 15 is 0 Å². The molecule has 10 rings (SSSR count). The van der Waals surface area contributed by atoms with Gasteiger partial charge in [-0.05, 0) is 204 Å². The third-order valence-corrected chi connectivity index (χ3v) is 17.1. The molecule has 38 nitrogen and oxygen atoms in total. The molecule has 0 saturated carbocycles. The van der Waals surface area contributed by atoms with Gasteiger partial charge in [0.1, 0.15) is 0 Å². The highest BCUT2D eigenvalue weighted by molar-refractivity contribution is 6.35. The number of hydrogen-bond acceptors (Lipinski definition) is 29. The van der Waals surface area contributed by atoms with Gasteiger partial charge in [0.15, 0.2) is 115 Å². The van der Waals surface area contributed by atoms with Crippen molar-refractivity contribution >= 4 is 70.6 Å².